The number of aryl methyl sites for hydroxylation is 1. The molecular formula is C18H14ClN3O4S. The van der Waals surface area contributed by atoms with Crippen LogP contribution in [0.3, 0.4) is 0 Å². The Morgan fingerprint density at radius 2 is 2.07 bits per heavy atom. The van der Waals surface area contributed by atoms with E-state index in [9.17, 15) is 14.9 Å². The van der Waals surface area contributed by atoms with Gasteiger partial charge in [0, 0.05) is 28.1 Å². The summed E-state index contributed by atoms with van der Waals surface area (Å²) < 4.78 is 5.12. The maximum absolute atomic E-state index is 12.4. The number of rotatable bonds is 5. The third-order valence-corrected chi connectivity index (χ3v) is 4.89. The molecule has 9 heteroatoms. The van der Waals surface area contributed by atoms with Crippen molar-refractivity contribution in [2.24, 2.45) is 0 Å². The van der Waals surface area contributed by atoms with E-state index < -0.39 is 10.8 Å². The maximum Gasteiger partial charge on any atom is 0.273 e. The van der Waals surface area contributed by atoms with Gasteiger partial charge in [-0.3, -0.25) is 20.2 Å². The number of nitro groups is 1. The van der Waals surface area contributed by atoms with Gasteiger partial charge in [0.15, 0.2) is 5.13 Å². The number of nitrogens with zero attached hydrogens (tertiary/aromatic N) is 2. The Hall–Kier alpha value is -2.97. The number of halogens is 1. The minimum absolute atomic E-state index is 0.102. The van der Waals surface area contributed by atoms with E-state index in [0.29, 0.717) is 27.2 Å². The number of ether oxygens (including phenoxy) is 1. The lowest BCUT2D eigenvalue weighted by atomic mass is 10.1. The number of hydrogen-bond donors (Lipinski definition) is 1. The summed E-state index contributed by atoms with van der Waals surface area (Å²) in [6, 6.07) is 9.61. The monoisotopic (exact) mass is 403 g/mol. The molecule has 0 aliphatic rings. The number of carbonyl (C=O) groups is 1. The molecule has 1 heterocycles. The fourth-order valence-corrected chi connectivity index (χ4v) is 3.38. The van der Waals surface area contributed by atoms with Gasteiger partial charge < -0.3 is 4.74 Å². The van der Waals surface area contributed by atoms with Gasteiger partial charge in [-0.05, 0) is 31.2 Å². The molecule has 1 N–H and O–H groups in total. The van der Waals surface area contributed by atoms with Crippen LogP contribution in [-0.4, -0.2) is 22.9 Å². The van der Waals surface area contributed by atoms with E-state index in [4.69, 9.17) is 16.3 Å². The van der Waals surface area contributed by atoms with Gasteiger partial charge in [-0.25, -0.2) is 4.98 Å². The summed E-state index contributed by atoms with van der Waals surface area (Å²) in [6.45, 7) is 1.62. The number of amides is 1. The maximum atomic E-state index is 12.4. The van der Waals surface area contributed by atoms with Gasteiger partial charge in [-0.1, -0.05) is 17.7 Å². The van der Waals surface area contributed by atoms with Crippen LogP contribution in [0.25, 0.3) is 11.3 Å². The summed E-state index contributed by atoms with van der Waals surface area (Å²) in [7, 11) is 1.53. The van der Waals surface area contributed by atoms with E-state index in [-0.39, 0.29) is 11.3 Å². The number of benzene rings is 2. The summed E-state index contributed by atoms with van der Waals surface area (Å²) in [5.74, 6) is 0.0944. The molecule has 0 fully saturated rings. The molecule has 0 saturated heterocycles. The molecule has 0 bridgehead atoms. The van der Waals surface area contributed by atoms with E-state index in [2.05, 4.69) is 10.3 Å². The average Bonchev–Trinajstić information content (AvgIpc) is 3.10. The summed E-state index contributed by atoms with van der Waals surface area (Å²) in [5.41, 5.74) is 2.01. The third kappa shape index (κ3) is 4.07. The van der Waals surface area contributed by atoms with Crippen LogP contribution in [-0.2, 0) is 0 Å². The zero-order valence-electron chi connectivity index (χ0n) is 14.4. The number of hydrogen-bond acceptors (Lipinski definition) is 6. The van der Waals surface area contributed by atoms with E-state index in [1.807, 2.05) is 6.07 Å². The van der Waals surface area contributed by atoms with Crippen molar-refractivity contribution in [1.82, 2.24) is 4.98 Å². The van der Waals surface area contributed by atoms with Crippen LogP contribution in [0.2, 0.25) is 5.02 Å². The van der Waals surface area contributed by atoms with Crippen LogP contribution in [0.5, 0.6) is 5.75 Å². The molecule has 0 atom stereocenters. The van der Waals surface area contributed by atoms with Gasteiger partial charge in [-0.2, -0.15) is 0 Å². The highest BCUT2D eigenvalue weighted by Crippen LogP contribution is 2.32. The van der Waals surface area contributed by atoms with E-state index in [1.54, 1.807) is 30.5 Å². The predicted molar refractivity (Wildman–Crippen MR) is 105 cm³/mol. The smallest absolute Gasteiger partial charge is 0.273 e. The topological polar surface area (TPSA) is 94.4 Å². The van der Waals surface area contributed by atoms with Crippen molar-refractivity contribution in [2.75, 3.05) is 12.4 Å². The van der Waals surface area contributed by atoms with Gasteiger partial charge >= 0.3 is 0 Å². The second-order valence-corrected chi connectivity index (χ2v) is 6.87. The Bertz CT molecular complexity index is 1040. The molecule has 0 unspecified atom stereocenters. The first-order valence-corrected chi connectivity index (χ1v) is 9.00. The second kappa shape index (κ2) is 7.73. The molecule has 1 amide bonds. The molecule has 0 aliphatic carbocycles. The normalized spacial score (nSPS) is 10.5. The Kier molecular flexibility index (Phi) is 5.38. The lowest BCUT2D eigenvalue weighted by Crippen LogP contribution is -2.12. The SMILES string of the molecule is COc1ccc(-c2csc(NC(=O)c3ccc(C)c([N+](=O)[O-])c3)n2)cc1Cl. The molecule has 27 heavy (non-hydrogen) atoms. The van der Waals surface area contributed by atoms with Crippen molar-refractivity contribution in [3.63, 3.8) is 0 Å². The zero-order chi connectivity index (χ0) is 19.6. The molecule has 3 aromatic rings. The van der Waals surface area contributed by atoms with E-state index in [0.717, 1.165) is 5.56 Å². The lowest BCUT2D eigenvalue weighted by molar-refractivity contribution is -0.385. The summed E-state index contributed by atoms with van der Waals surface area (Å²) in [4.78, 5) is 27.3. The molecular weight excluding hydrogens is 390 g/mol. The molecule has 0 radical (unpaired) electrons. The van der Waals surface area contributed by atoms with Crippen molar-refractivity contribution in [1.29, 1.82) is 0 Å². The first kappa shape index (κ1) is 18.8. The van der Waals surface area contributed by atoms with Gasteiger partial charge in [0.25, 0.3) is 11.6 Å². The second-order valence-electron chi connectivity index (χ2n) is 5.60. The van der Waals surface area contributed by atoms with Crippen LogP contribution >= 0.6 is 22.9 Å². The predicted octanol–water partition coefficient (Wildman–Crippen LogP) is 4.94. The van der Waals surface area contributed by atoms with Crippen LogP contribution in [0.1, 0.15) is 15.9 Å². The zero-order valence-corrected chi connectivity index (χ0v) is 15.9. The van der Waals surface area contributed by atoms with Crippen molar-refractivity contribution in [3.8, 4) is 17.0 Å². The molecule has 138 valence electrons. The van der Waals surface area contributed by atoms with Gasteiger partial charge in [0.2, 0.25) is 0 Å². The van der Waals surface area contributed by atoms with Crippen LogP contribution in [0.15, 0.2) is 41.8 Å². The fraction of sp³-hybridized carbons (Fsp3) is 0.111. The summed E-state index contributed by atoms with van der Waals surface area (Å²) in [5, 5.41) is 16.3. The Balaban J connectivity index is 1.80. The fourth-order valence-electron chi connectivity index (χ4n) is 2.41. The highest BCUT2D eigenvalue weighted by atomic mass is 35.5. The van der Waals surface area contributed by atoms with Gasteiger partial charge in [0.1, 0.15) is 5.75 Å². The summed E-state index contributed by atoms with van der Waals surface area (Å²) in [6.07, 6.45) is 0. The van der Waals surface area contributed by atoms with Crippen LogP contribution in [0, 0.1) is 17.0 Å². The Morgan fingerprint density at radius 3 is 2.74 bits per heavy atom. The number of nitro benzene ring substituents is 1. The minimum atomic E-state index is -0.513. The first-order chi connectivity index (χ1) is 12.9. The van der Waals surface area contributed by atoms with Crippen molar-refractivity contribution < 1.29 is 14.5 Å². The molecule has 0 aliphatic heterocycles. The van der Waals surface area contributed by atoms with Crippen LogP contribution < -0.4 is 10.1 Å². The highest BCUT2D eigenvalue weighted by molar-refractivity contribution is 7.14. The Labute approximate surface area is 163 Å². The lowest BCUT2D eigenvalue weighted by Gasteiger charge is -2.04. The number of nitrogens with one attached hydrogen (secondary N) is 1. The molecule has 1 aromatic heterocycles. The molecule has 0 spiro atoms. The first-order valence-electron chi connectivity index (χ1n) is 7.75. The minimum Gasteiger partial charge on any atom is -0.495 e. The van der Waals surface area contributed by atoms with Crippen molar-refractivity contribution in [3.05, 3.63) is 68.0 Å². The number of anilines is 1. The Morgan fingerprint density at radius 1 is 1.30 bits per heavy atom. The third-order valence-electron chi connectivity index (χ3n) is 3.84. The molecule has 3 rings (SSSR count). The quantitative estimate of drug-likeness (QED) is 0.481. The highest BCUT2D eigenvalue weighted by Gasteiger charge is 2.16. The van der Waals surface area contributed by atoms with Gasteiger partial charge in [-0.15, -0.1) is 11.3 Å². The molecule has 7 nitrogen and oxygen atoms in total. The van der Waals surface area contributed by atoms with E-state index >= 15 is 0 Å². The van der Waals surface area contributed by atoms with Crippen molar-refractivity contribution >= 4 is 39.7 Å². The van der Waals surface area contributed by atoms with E-state index in [1.165, 1.54) is 30.6 Å². The number of methoxy groups -OCH3 is 1. The molecule has 0 saturated carbocycles. The largest absolute Gasteiger partial charge is 0.495 e. The number of aromatic nitrogens is 1. The average molecular weight is 404 g/mol. The van der Waals surface area contributed by atoms with Crippen molar-refractivity contribution in [2.45, 2.75) is 6.92 Å². The summed E-state index contributed by atoms with van der Waals surface area (Å²) >= 11 is 7.38. The van der Waals surface area contributed by atoms with Gasteiger partial charge in [0.05, 0.1) is 22.7 Å². The number of carbonyl (C=O) groups excluding carboxylic acids is 1. The molecule has 2 aromatic carbocycles. The number of thiazole rings is 1. The van der Waals surface area contributed by atoms with Crippen LogP contribution in [0.4, 0.5) is 10.8 Å². The standard InChI is InChI=1S/C18H14ClN3O4S/c1-10-3-4-12(8-15(10)22(24)25)17(23)21-18-20-14(9-27-18)11-5-6-16(26-2)13(19)7-11/h3-9H,1-2H3,(H,20,21,23).